The molecule has 0 aliphatic carbocycles. The molecule has 0 bridgehead atoms. The van der Waals surface area contributed by atoms with Crippen molar-refractivity contribution >= 4 is 31.5 Å². The van der Waals surface area contributed by atoms with Gasteiger partial charge in [0.2, 0.25) is 9.84 Å². The highest BCUT2D eigenvalue weighted by Gasteiger charge is 2.26. The number of ether oxygens (including phenoxy) is 1. The summed E-state index contributed by atoms with van der Waals surface area (Å²) in [5.74, 6) is 0.506. The topological polar surface area (TPSA) is 75.3 Å². The molecule has 0 radical (unpaired) electrons. The van der Waals surface area contributed by atoms with Crippen LogP contribution in [-0.2, 0) is 9.84 Å². The second kappa shape index (κ2) is 7.26. The first kappa shape index (κ1) is 18.5. The van der Waals surface area contributed by atoms with Crippen LogP contribution in [0.5, 0.6) is 5.75 Å². The van der Waals surface area contributed by atoms with Crippen LogP contribution in [0.1, 0.15) is 0 Å². The van der Waals surface area contributed by atoms with Crippen LogP contribution in [0.25, 0.3) is 21.7 Å². The van der Waals surface area contributed by atoms with Crippen LogP contribution in [0.15, 0.2) is 70.6 Å². The first-order valence-corrected chi connectivity index (χ1v) is 10.4. The minimum Gasteiger partial charge on any atom is -0.491 e. The zero-order valence-electron chi connectivity index (χ0n) is 15.7. The van der Waals surface area contributed by atoms with Gasteiger partial charge < -0.3 is 9.64 Å². The molecule has 7 heteroatoms. The Morgan fingerprint density at radius 1 is 1.00 bits per heavy atom. The van der Waals surface area contributed by atoms with Gasteiger partial charge in [0, 0.05) is 11.9 Å². The fourth-order valence-corrected chi connectivity index (χ4v) is 4.79. The predicted molar refractivity (Wildman–Crippen MR) is 110 cm³/mol. The lowest BCUT2D eigenvalue weighted by atomic mass is 10.1. The Labute approximate surface area is 163 Å². The fraction of sp³-hybridized carbons (Fsp3) is 0.190. The molecule has 1 N–H and O–H groups in total. The van der Waals surface area contributed by atoms with Crippen LogP contribution in [0.3, 0.4) is 0 Å². The van der Waals surface area contributed by atoms with Gasteiger partial charge in [0.05, 0.1) is 15.8 Å². The molecule has 0 aliphatic rings. The largest absolute Gasteiger partial charge is 0.491 e. The second-order valence-electron chi connectivity index (χ2n) is 6.84. The van der Waals surface area contributed by atoms with Gasteiger partial charge in [-0.15, -0.1) is 0 Å². The molecule has 0 atom stereocenters. The van der Waals surface area contributed by atoms with Crippen molar-refractivity contribution in [1.82, 2.24) is 15.1 Å². The van der Waals surface area contributed by atoms with Gasteiger partial charge in [-0.3, -0.25) is 5.10 Å². The highest BCUT2D eigenvalue weighted by Crippen LogP contribution is 2.35. The number of hydrogen-bond donors (Lipinski definition) is 1. The van der Waals surface area contributed by atoms with Gasteiger partial charge in [0.15, 0.2) is 5.03 Å². The zero-order valence-corrected chi connectivity index (χ0v) is 16.5. The first-order valence-electron chi connectivity index (χ1n) is 8.96. The maximum Gasteiger partial charge on any atom is 0.224 e. The number of likely N-dealkylation sites (N-methyl/N-ethyl adjacent to an activating group) is 1. The van der Waals surface area contributed by atoms with Crippen molar-refractivity contribution in [3.05, 3.63) is 60.7 Å². The summed E-state index contributed by atoms with van der Waals surface area (Å²) in [7, 11) is 0.0919. The quantitative estimate of drug-likeness (QED) is 0.541. The highest BCUT2D eigenvalue weighted by molar-refractivity contribution is 7.91. The number of aromatic amines is 1. The summed E-state index contributed by atoms with van der Waals surface area (Å²) in [5, 5.41) is 9.01. The van der Waals surface area contributed by atoms with Crippen molar-refractivity contribution in [3.8, 4) is 5.75 Å². The predicted octanol–water partition coefficient (Wildman–Crippen LogP) is 3.49. The van der Waals surface area contributed by atoms with Gasteiger partial charge in [-0.25, -0.2) is 8.42 Å². The molecule has 0 unspecified atom stereocenters. The fourth-order valence-electron chi connectivity index (χ4n) is 3.20. The summed E-state index contributed by atoms with van der Waals surface area (Å²) in [4.78, 5) is 2.25. The summed E-state index contributed by atoms with van der Waals surface area (Å²) in [5.41, 5.74) is 0.557. The van der Waals surface area contributed by atoms with E-state index in [0.29, 0.717) is 28.6 Å². The number of nitrogens with one attached hydrogen (secondary N) is 1. The van der Waals surface area contributed by atoms with Crippen LogP contribution < -0.4 is 4.74 Å². The second-order valence-corrected chi connectivity index (χ2v) is 8.69. The number of sulfone groups is 1. The van der Waals surface area contributed by atoms with E-state index in [1.807, 2.05) is 55.4 Å². The minimum atomic E-state index is -3.82. The summed E-state index contributed by atoms with van der Waals surface area (Å²) < 4.78 is 32.9. The third kappa shape index (κ3) is 3.23. The van der Waals surface area contributed by atoms with Crippen molar-refractivity contribution in [2.75, 3.05) is 27.2 Å². The van der Waals surface area contributed by atoms with E-state index in [1.54, 1.807) is 24.3 Å². The smallest absolute Gasteiger partial charge is 0.224 e. The molecular weight excluding hydrogens is 374 g/mol. The van der Waals surface area contributed by atoms with Gasteiger partial charge in [-0.2, -0.15) is 5.10 Å². The maximum atomic E-state index is 13.5. The third-order valence-electron chi connectivity index (χ3n) is 4.61. The lowest BCUT2D eigenvalue weighted by Gasteiger charge is -2.12. The molecule has 0 fully saturated rings. The number of benzene rings is 3. The van der Waals surface area contributed by atoms with E-state index in [4.69, 9.17) is 4.74 Å². The molecule has 0 aliphatic heterocycles. The van der Waals surface area contributed by atoms with Gasteiger partial charge in [0.1, 0.15) is 12.4 Å². The Balaban J connectivity index is 1.86. The third-order valence-corrected chi connectivity index (χ3v) is 6.38. The van der Waals surface area contributed by atoms with Gasteiger partial charge in [-0.05, 0) is 37.7 Å². The highest BCUT2D eigenvalue weighted by atomic mass is 32.2. The molecule has 0 saturated heterocycles. The van der Waals surface area contributed by atoms with Crippen molar-refractivity contribution in [2.24, 2.45) is 0 Å². The average Bonchev–Trinajstić information content (AvgIpc) is 3.13. The minimum absolute atomic E-state index is 0.0549. The Morgan fingerprint density at radius 2 is 1.75 bits per heavy atom. The number of nitrogens with zero attached hydrogens (tertiary/aromatic N) is 2. The Kier molecular flexibility index (Phi) is 4.78. The van der Waals surface area contributed by atoms with Crippen molar-refractivity contribution < 1.29 is 13.2 Å². The maximum absolute atomic E-state index is 13.5. The van der Waals surface area contributed by atoms with Gasteiger partial charge >= 0.3 is 0 Å². The number of H-pyrrole nitrogens is 1. The summed E-state index contributed by atoms with van der Waals surface area (Å²) >= 11 is 0. The van der Waals surface area contributed by atoms with E-state index in [9.17, 15) is 8.42 Å². The summed E-state index contributed by atoms with van der Waals surface area (Å²) in [6.07, 6.45) is 0. The lowest BCUT2D eigenvalue weighted by Crippen LogP contribution is -2.19. The molecule has 0 amide bonds. The van der Waals surface area contributed by atoms with E-state index < -0.39 is 9.84 Å². The molecule has 4 aromatic rings. The summed E-state index contributed by atoms with van der Waals surface area (Å²) in [6.45, 7) is 1.17. The van der Waals surface area contributed by atoms with Crippen molar-refractivity contribution in [3.63, 3.8) is 0 Å². The Morgan fingerprint density at radius 3 is 2.57 bits per heavy atom. The monoisotopic (exact) mass is 395 g/mol. The van der Waals surface area contributed by atoms with E-state index >= 15 is 0 Å². The molecule has 28 heavy (non-hydrogen) atoms. The van der Waals surface area contributed by atoms with Crippen molar-refractivity contribution in [1.29, 1.82) is 0 Å². The first-order chi connectivity index (χ1) is 13.5. The van der Waals surface area contributed by atoms with Crippen LogP contribution in [0.4, 0.5) is 0 Å². The van der Waals surface area contributed by atoms with E-state index in [2.05, 4.69) is 10.2 Å². The SMILES string of the molecule is CN(C)CCOc1cccc2n[nH]c(S(=O)(=O)c3cccc4ccccc34)c12. The summed E-state index contributed by atoms with van der Waals surface area (Å²) in [6, 6.07) is 18.1. The van der Waals surface area contributed by atoms with E-state index in [-0.39, 0.29) is 9.92 Å². The lowest BCUT2D eigenvalue weighted by molar-refractivity contribution is 0.263. The number of hydrogen-bond acceptors (Lipinski definition) is 5. The molecule has 144 valence electrons. The molecule has 1 heterocycles. The molecule has 4 rings (SSSR count). The van der Waals surface area contributed by atoms with Crippen LogP contribution in [-0.4, -0.2) is 50.8 Å². The van der Waals surface area contributed by atoms with Crippen LogP contribution in [0.2, 0.25) is 0 Å². The number of rotatable bonds is 6. The van der Waals surface area contributed by atoms with E-state index in [0.717, 1.165) is 11.9 Å². The average molecular weight is 395 g/mol. The molecule has 3 aromatic carbocycles. The molecule has 6 nitrogen and oxygen atoms in total. The normalized spacial score (nSPS) is 12.1. The zero-order chi connectivity index (χ0) is 19.7. The molecule has 1 aromatic heterocycles. The standard InChI is InChI=1S/C21H21N3O3S/c1-24(2)13-14-27-18-11-6-10-17-20(18)21(23-22-17)28(25,26)19-12-5-8-15-7-3-4-9-16(15)19/h3-12H,13-14H2,1-2H3,(H,22,23). The number of fused-ring (bicyclic) bond motifs is 2. The Bertz CT molecular complexity index is 1240. The molecular formula is C21H21N3O3S. The van der Waals surface area contributed by atoms with Crippen LogP contribution in [0, 0.1) is 0 Å². The van der Waals surface area contributed by atoms with Crippen molar-refractivity contribution in [2.45, 2.75) is 9.92 Å². The molecule has 0 spiro atoms. The van der Waals surface area contributed by atoms with E-state index in [1.165, 1.54) is 0 Å². The number of aromatic nitrogens is 2. The Hall–Kier alpha value is -2.90. The van der Waals surface area contributed by atoms with Gasteiger partial charge in [-0.1, -0.05) is 42.5 Å². The molecule has 0 saturated carbocycles. The van der Waals surface area contributed by atoms with Gasteiger partial charge in [0.25, 0.3) is 0 Å². The van der Waals surface area contributed by atoms with Crippen LogP contribution >= 0.6 is 0 Å².